The van der Waals surface area contributed by atoms with Crippen molar-refractivity contribution in [1.82, 2.24) is 14.8 Å². The Bertz CT molecular complexity index is 562. The third kappa shape index (κ3) is 2.86. The van der Waals surface area contributed by atoms with E-state index in [1.54, 1.807) is 29.9 Å². The van der Waals surface area contributed by atoms with Crippen LogP contribution in [0.5, 0.6) is 0 Å². The van der Waals surface area contributed by atoms with Crippen molar-refractivity contribution in [3.05, 3.63) is 40.4 Å². The van der Waals surface area contributed by atoms with E-state index in [1.165, 1.54) is 6.33 Å². The number of esters is 1. The van der Waals surface area contributed by atoms with E-state index in [-0.39, 0.29) is 6.61 Å². The average molecular weight is 311 g/mol. The quantitative estimate of drug-likeness (QED) is 0.686. The standard InChI is InChI=1S/C11H11BrN4O2/c1-16-10(14-6-15-16)5-18-11(17)7-2-8(12)4-9(13)3-7/h2-4,6H,5,13H2,1H3. The zero-order valence-corrected chi connectivity index (χ0v) is 11.2. The number of nitrogens with zero attached hydrogens (tertiary/aromatic N) is 3. The molecule has 0 bridgehead atoms. The van der Waals surface area contributed by atoms with E-state index in [4.69, 9.17) is 10.5 Å². The predicted octanol–water partition coefficient (Wildman–Crippen LogP) is 1.52. The second-order valence-corrected chi connectivity index (χ2v) is 4.56. The van der Waals surface area contributed by atoms with Crippen molar-refractivity contribution in [2.75, 3.05) is 5.73 Å². The van der Waals surface area contributed by atoms with Gasteiger partial charge in [-0.25, -0.2) is 9.78 Å². The lowest BCUT2D eigenvalue weighted by molar-refractivity contribution is 0.0458. The Hall–Kier alpha value is -1.89. The van der Waals surface area contributed by atoms with Crippen LogP contribution in [0.2, 0.25) is 0 Å². The van der Waals surface area contributed by atoms with E-state index in [9.17, 15) is 4.79 Å². The summed E-state index contributed by atoms with van der Waals surface area (Å²) in [7, 11) is 1.73. The van der Waals surface area contributed by atoms with Gasteiger partial charge in [0.05, 0.1) is 5.56 Å². The van der Waals surface area contributed by atoms with Gasteiger partial charge in [-0.05, 0) is 18.2 Å². The molecule has 7 heteroatoms. The van der Waals surface area contributed by atoms with Gasteiger partial charge in [0.15, 0.2) is 12.4 Å². The zero-order chi connectivity index (χ0) is 13.1. The van der Waals surface area contributed by atoms with Gasteiger partial charge in [-0.15, -0.1) is 0 Å². The van der Waals surface area contributed by atoms with Crippen LogP contribution in [-0.2, 0) is 18.4 Å². The predicted molar refractivity (Wildman–Crippen MR) is 68.7 cm³/mol. The topological polar surface area (TPSA) is 83.0 Å². The molecule has 2 N–H and O–H groups in total. The van der Waals surface area contributed by atoms with Crippen LogP contribution in [-0.4, -0.2) is 20.7 Å². The molecule has 18 heavy (non-hydrogen) atoms. The summed E-state index contributed by atoms with van der Waals surface area (Å²) >= 11 is 3.27. The fourth-order valence-corrected chi connectivity index (χ4v) is 1.91. The van der Waals surface area contributed by atoms with Crippen molar-refractivity contribution in [3.8, 4) is 0 Å². The maximum Gasteiger partial charge on any atom is 0.338 e. The Balaban J connectivity index is 2.06. The molecule has 0 spiro atoms. The number of rotatable bonds is 3. The highest BCUT2D eigenvalue weighted by atomic mass is 79.9. The first-order valence-corrected chi connectivity index (χ1v) is 5.91. The molecule has 2 aromatic rings. The van der Waals surface area contributed by atoms with E-state index in [2.05, 4.69) is 26.0 Å². The second kappa shape index (κ2) is 5.18. The third-order valence-corrected chi connectivity index (χ3v) is 2.75. The van der Waals surface area contributed by atoms with E-state index >= 15 is 0 Å². The lowest BCUT2D eigenvalue weighted by Gasteiger charge is -2.05. The van der Waals surface area contributed by atoms with Crippen molar-refractivity contribution < 1.29 is 9.53 Å². The summed E-state index contributed by atoms with van der Waals surface area (Å²) < 4.78 is 7.40. The Labute approximate surface area is 112 Å². The van der Waals surface area contributed by atoms with Gasteiger partial charge < -0.3 is 10.5 Å². The van der Waals surface area contributed by atoms with E-state index < -0.39 is 5.97 Å². The molecule has 0 atom stereocenters. The second-order valence-electron chi connectivity index (χ2n) is 3.65. The van der Waals surface area contributed by atoms with Gasteiger partial charge in [-0.1, -0.05) is 15.9 Å². The fraction of sp³-hybridized carbons (Fsp3) is 0.182. The molecule has 0 fully saturated rings. The Kier molecular flexibility index (Phi) is 3.61. The number of carbonyl (C=O) groups excluding carboxylic acids is 1. The Morgan fingerprint density at radius 3 is 2.89 bits per heavy atom. The summed E-state index contributed by atoms with van der Waals surface area (Å²) in [5, 5.41) is 3.88. The van der Waals surface area contributed by atoms with Gasteiger partial charge >= 0.3 is 5.97 Å². The van der Waals surface area contributed by atoms with Gasteiger partial charge in [0.1, 0.15) is 6.33 Å². The smallest absolute Gasteiger partial charge is 0.338 e. The van der Waals surface area contributed by atoms with Crippen LogP contribution >= 0.6 is 15.9 Å². The fourth-order valence-electron chi connectivity index (χ4n) is 1.39. The molecular formula is C11H11BrN4O2. The number of nitrogens with two attached hydrogens (primary N) is 1. The SMILES string of the molecule is Cn1ncnc1COC(=O)c1cc(N)cc(Br)c1. The van der Waals surface area contributed by atoms with Crippen molar-refractivity contribution in [2.24, 2.45) is 7.05 Å². The largest absolute Gasteiger partial charge is 0.454 e. The Morgan fingerprint density at radius 2 is 2.28 bits per heavy atom. The molecule has 0 amide bonds. The lowest BCUT2D eigenvalue weighted by atomic mass is 10.2. The molecule has 0 saturated carbocycles. The van der Waals surface area contributed by atoms with Gasteiger partial charge in [-0.2, -0.15) is 5.10 Å². The molecule has 6 nitrogen and oxygen atoms in total. The minimum atomic E-state index is -0.453. The number of carbonyl (C=O) groups is 1. The summed E-state index contributed by atoms with van der Waals surface area (Å²) in [4.78, 5) is 15.8. The molecule has 0 saturated heterocycles. The molecule has 0 aliphatic rings. The van der Waals surface area contributed by atoms with Gasteiger partial charge in [0.25, 0.3) is 0 Å². The zero-order valence-electron chi connectivity index (χ0n) is 9.63. The molecule has 1 aromatic carbocycles. The third-order valence-electron chi connectivity index (χ3n) is 2.29. The molecular weight excluding hydrogens is 300 g/mol. The van der Waals surface area contributed by atoms with Crippen LogP contribution in [0.1, 0.15) is 16.2 Å². The highest BCUT2D eigenvalue weighted by Crippen LogP contribution is 2.18. The molecule has 2 rings (SSSR count). The van der Waals surface area contributed by atoms with Crippen LogP contribution < -0.4 is 5.73 Å². The molecule has 0 aliphatic heterocycles. The molecule has 1 aromatic heterocycles. The van der Waals surface area contributed by atoms with E-state index in [0.29, 0.717) is 17.1 Å². The minimum absolute atomic E-state index is 0.0712. The highest BCUT2D eigenvalue weighted by molar-refractivity contribution is 9.10. The maximum atomic E-state index is 11.8. The summed E-state index contributed by atoms with van der Waals surface area (Å²) in [6.07, 6.45) is 1.40. The number of hydrogen-bond donors (Lipinski definition) is 1. The minimum Gasteiger partial charge on any atom is -0.454 e. The van der Waals surface area contributed by atoms with Crippen LogP contribution in [0.25, 0.3) is 0 Å². The van der Waals surface area contributed by atoms with Crippen LogP contribution in [0, 0.1) is 0 Å². The molecule has 0 aliphatic carbocycles. The number of halogens is 1. The van der Waals surface area contributed by atoms with Crippen molar-refractivity contribution >= 4 is 27.6 Å². The van der Waals surface area contributed by atoms with Gasteiger partial charge in [-0.3, -0.25) is 4.68 Å². The molecule has 0 radical (unpaired) electrons. The van der Waals surface area contributed by atoms with E-state index in [1.807, 2.05) is 0 Å². The summed E-state index contributed by atoms with van der Waals surface area (Å²) in [6, 6.07) is 4.92. The number of nitrogen functional groups attached to an aromatic ring is 1. The average Bonchev–Trinajstić information content (AvgIpc) is 2.70. The lowest BCUT2D eigenvalue weighted by Crippen LogP contribution is -2.09. The molecule has 94 valence electrons. The van der Waals surface area contributed by atoms with Crippen molar-refractivity contribution in [1.29, 1.82) is 0 Å². The molecule has 1 heterocycles. The van der Waals surface area contributed by atoms with Gasteiger partial charge in [0.2, 0.25) is 0 Å². The first kappa shape index (κ1) is 12.6. The number of aromatic nitrogens is 3. The number of anilines is 1. The first-order valence-electron chi connectivity index (χ1n) is 5.12. The summed E-state index contributed by atoms with van der Waals surface area (Å²) in [5.74, 6) is 0.123. The highest BCUT2D eigenvalue weighted by Gasteiger charge is 2.10. The van der Waals surface area contributed by atoms with Crippen molar-refractivity contribution in [2.45, 2.75) is 6.61 Å². The van der Waals surface area contributed by atoms with Crippen LogP contribution in [0.4, 0.5) is 5.69 Å². The van der Waals surface area contributed by atoms with Gasteiger partial charge in [0, 0.05) is 17.2 Å². The van der Waals surface area contributed by atoms with Crippen molar-refractivity contribution in [3.63, 3.8) is 0 Å². The van der Waals surface area contributed by atoms with Crippen LogP contribution in [0.15, 0.2) is 29.0 Å². The Morgan fingerprint density at radius 1 is 1.50 bits per heavy atom. The normalized spacial score (nSPS) is 10.3. The summed E-state index contributed by atoms with van der Waals surface area (Å²) in [5.41, 5.74) is 6.54. The number of aryl methyl sites for hydroxylation is 1. The molecule has 0 unspecified atom stereocenters. The summed E-state index contributed by atoms with van der Waals surface area (Å²) in [6.45, 7) is 0.0712. The number of benzene rings is 1. The number of hydrogen-bond acceptors (Lipinski definition) is 5. The van der Waals surface area contributed by atoms with E-state index in [0.717, 1.165) is 4.47 Å². The monoisotopic (exact) mass is 310 g/mol. The van der Waals surface area contributed by atoms with Crippen LogP contribution in [0.3, 0.4) is 0 Å². The maximum absolute atomic E-state index is 11.8. The first-order chi connectivity index (χ1) is 8.56. The number of ether oxygens (including phenoxy) is 1.